The lowest BCUT2D eigenvalue weighted by molar-refractivity contribution is -0.138. The first-order chi connectivity index (χ1) is 12.1. The monoisotopic (exact) mass is 345 g/mol. The maximum Gasteiger partial charge on any atom is 0.320 e. The van der Waals surface area contributed by atoms with Gasteiger partial charge in [-0.25, -0.2) is 0 Å². The number of aryl methyl sites for hydroxylation is 1. The largest absolute Gasteiger partial charge is 0.491 e. The Hall–Kier alpha value is -2.03. The van der Waals surface area contributed by atoms with E-state index in [1.807, 2.05) is 24.3 Å². The van der Waals surface area contributed by atoms with Crippen LogP contribution in [-0.4, -0.2) is 36.4 Å². The van der Waals surface area contributed by atoms with Gasteiger partial charge in [0.2, 0.25) is 0 Å². The van der Waals surface area contributed by atoms with Gasteiger partial charge in [0.25, 0.3) is 0 Å². The number of rotatable bonds is 9. The molecule has 0 heterocycles. The first kappa shape index (κ1) is 19.3. The van der Waals surface area contributed by atoms with E-state index in [0.29, 0.717) is 26.1 Å². The van der Waals surface area contributed by atoms with Crippen molar-refractivity contribution in [2.75, 3.05) is 13.2 Å². The SMILES string of the molecule is N[C@@H](CCc1ccc(OCCOC2C#CCCCCC2)cc1)C(=O)O. The minimum atomic E-state index is -0.964. The van der Waals surface area contributed by atoms with Crippen molar-refractivity contribution >= 4 is 5.97 Å². The van der Waals surface area contributed by atoms with E-state index in [9.17, 15) is 4.79 Å². The number of hydrogen-bond donors (Lipinski definition) is 2. The number of aliphatic carboxylic acids is 1. The molecule has 25 heavy (non-hydrogen) atoms. The lowest BCUT2D eigenvalue weighted by Gasteiger charge is -2.14. The molecule has 5 heteroatoms. The van der Waals surface area contributed by atoms with E-state index in [2.05, 4.69) is 11.8 Å². The van der Waals surface area contributed by atoms with Crippen molar-refractivity contribution in [3.05, 3.63) is 29.8 Å². The minimum Gasteiger partial charge on any atom is -0.491 e. The summed E-state index contributed by atoms with van der Waals surface area (Å²) in [6, 6.07) is 6.83. The van der Waals surface area contributed by atoms with Crippen LogP contribution in [0.5, 0.6) is 5.75 Å². The number of carbonyl (C=O) groups is 1. The van der Waals surface area contributed by atoms with Crippen LogP contribution in [0.15, 0.2) is 24.3 Å². The Morgan fingerprint density at radius 3 is 2.80 bits per heavy atom. The van der Waals surface area contributed by atoms with Crippen molar-refractivity contribution in [2.24, 2.45) is 5.73 Å². The molecule has 1 aliphatic carbocycles. The van der Waals surface area contributed by atoms with Crippen molar-refractivity contribution < 1.29 is 19.4 Å². The molecule has 0 spiro atoms. The fourth-order valence-electron chi connectivity index (χ4n) is 2.65. The molecule has 2 rings (SSSR count). The zero-order valence-electron chi connectivity index (χ0n) is 14.6. The predicted octanol–water partition coefficient (Wildman–Crippen LogP) is 2.76. The number of carboxylic acids is 1. The van der Waals surface area contributed by atoms with Crippen LogP contribution in [-0.2, 0) is 16.0 Å². The third-order valence-electron chi connectivity index (χ3n) is 4.19. The molecule has 1 unspecified atom stereocenters. The first-order valence-corrected chi connectivity index (χ1v) is 8.95. The summed E-state index contributed by atoms with van der Waals surface area (Å²) in [5, 5.41) is 8.78. The topological polar surface area (TPSA) is 81.8 Å². The number of ether oxygens (including phenoxy) is 2. The van der Waals surface area contributed by atoms with Crippen LogP contribution in [0, 0.1) is 11.8 Å². The number of carboxylic acid groups (broad SMARTS) is 1. The Labute approximate surface area is 149 Å². The van der Waals surface area contributed by atoms with Gasteiger partial charge in [0.15, 0.2) is 0 Å². The summed E-state index contributed by atoms with van der Waals surface area (Å²) in [5.41, 5.74) is 6.55. The molecule has 1 aromatic carbocycles. The molecule has 1 aliphatic rings. The molecule has 0 saturated carbocycles. The molecule has 0 saturated heterocycles. The van der Waals surface area contributed by atoms with E-state index in [0.717, 1.165) is 24.2 Å². The molecule has 5 nitrogen and oxygen atoms in total. The summed E-state index contributed by atoms with van der Waals surface area (Å²) in [4.78, 5) is 10.7. The molecule has 0 aromatic heterocycles. The summed E-state index contributed by atoms with van der Waals surface area (Å²) in [7, 11) is 0. The highest BCUT2D eigenvalue weighted by atomic mass is 16.5. The van der Waals surface area contributed by atoms with Gasteiger partial charge in [-0.1, -0.05) is 24.5 Å². The molecule has 0 bridgehead atoms. The van der Waals surface area contributed by atoms with Crippen molar-refractivity contribution in [3.8, 4) is 17.6 Å². The molecular weight excluding hydrogens is 318 g/mol. The summed E-state index contributed by atoms with van der Waals surface area (Å²) in [6.07, 6.45) is 6.66. The second-order valence-electron chi connectivity index (χ2n) is 6.26. The Morgan fingerprint density at radius 2 is 2.04 bits per heavy atom. The normalized spacial score (nSPS) is 18.4. The number of nitrogens with two attached hydrogens (primary N) is 1. The Morgan fingerprint density at radius 1 is 1.24 bits per heavy atom. The van der Waals surface area contributed by atoms with Crippen molar-refractivity contribution in [1.82, 2.24) is 0 Å². The maximum atomic E-state index is 10.7. The van der Waals surface area contributed by atoms with Gasteiger partial charge in [-0.05, 0) is 49.8 Å². The fraction of sp³-hybridized carbons (Fsp3) is 0.550. The Bertz CT molecular complexity index is 588. The predicted molar refractivity (Wildman–Crippen MR) is 96.5 cm³/mol. The minimum absolute atomic E-state index is 0.0321. The van der Waals surface area contributed by atoms with Gasteiger partial charge in [-0.15, -0.1) is 5.92 Å². The van der Waals surface area contributed by atoms with Crippen LogP contribution < -0.4 is 10.5 Å². The zero-order chi connectivity index (χ0) is 17.9. The highest BCUT2D eigenvalue weighted by Gasteiger charge is 2.11. The molecular formula is C20H27NO4. The summed E-state index contributed by atoms with van der Waals surface area (Å²) in [5.74, 6) is 6.16. The molecule has 1 aromatic rings. The molecule has 0 radical (unpaired) electrons. The van der Waals surface area contributed by atoms with Gasteiger partial charge in [0.1, 0.15) is 24.5 Å². The zero-order valence-corrected chi connectivity index (χ0v) is 14.6. The second kappa shape index (κ2) is 10.8. The van der Waals surface area contributed by atoms with Gasteiger partial charge in [0.05, 0.1) is 6.61 Å². The average Bonchev–Trinajstić information content (AvgIpc) is 2.58. The standard InChI is InChI=1S/C20H27NO4/c21-19(20(22)23)13-10-16-8-11-18(12-9-16)25-15-14-24-17-6-4-2-1-3-5-7-17/h8-9,11-12,17,19H,1-4,6,10,13-15,21H2,(H,22,23)/t17?,19-/m0/s1. The van der Waals surface area contributed by atoms with Crippen molar-refractivity contribution in [3.63, 3.8) is 0 Å². The lowest BCUT2D eigenvalue weighted by atomic mass is 10.1. The van der Waals surface area contributed by atoms with Crippen LogP contribution in [0.25, 0.3) is 0 Å². The first-order valence-electron chi connectivity index (χ1n) is 8.95. The molecule has 0 aliphatic heterocycles. The third kappa shape index (κ3) is 7.59. The van der Waals surface area contributed by atoms with Crippen LogP contribution in [0.3, 0.4) is 0 Å². The van der Waals surface area contributed by atoms with Crippen LogP contribution in [0.2, 0.25) is 0 Å². The van der Waals surface area contributed by atoms with Crippen molar-refractivity contribution in [2.45, 2.75) is 57.1 Å². The van der Waals surface area contributed by atoms with E-state index in [1.54, 1.807) is 0 Å². The molecule has 3 N–H and O–H groups in total. The molecule has 0 amide bonds. The smallest absolute Gasteiger partial charge is 0.320 e. The lowest BCUT2D eigenvalue weighted by Crippen LogP contribution is -2.30. The Kier molecular flexibility index (Phi) is 8.30. The second-order valence-corrected chi connectivity index (χ2v) is 6.26. The number of benzene rings is 1. The van der Waals surface area contributed by atoms with Crippen LogP contribution in [0.1, 0.15) is 44.1 Å². The summed E-state index contributed by atoms with van der Waals surface area (Å²) >= 11 is 0. The average molecular weight is 345 g/mol. The molecule has 2 atom stereocenters. The van der Waals surface area contributed by atoms with Gasteiger partial charge >= 0.3 is 5.97 Å². The van der Waals surface area contributed by atoms with Crippen molar-refractivity contribution in [1.29, 1.82) is 0 Å². The maximum absolute atomic E-state index is 10.7. The fourth-order valence-corrected chi connectivity index (χ4v) is 2.65. The highest BCUT2D eigenvalue weighted by Crippen LogP contribution is 2.14. The van der Waals surface area contributed by atoms with Crippen LogP contribution in [0.4, 0.5) is 0 Å². The summed E-state index contributed by atoms with van der Waals surface area (Å²) < 4.78 is 11.5. The van der Waals surface area contributed by atoms with Gasteiger partial charge in [-0.2, -0.15) is 0 Å². The van der Waals surface area contributed by atoms with Gasteiger partial charge in [-0.3, -0.25) is 4.79 Å². The van der Waals surface area contributed by atoms with Gasteiger partial charge in [0, 0.05) is 6.42 Å². The Balaban J connectivity index is 1.66. The number of hydrogen-bond acceptors (Lipinski definition) is 4. The van der Waals surface area contributed by atoms with E-state index in [1.165, 1.54) is 19.3 Å². The molecule has 136 valence electrons. The highest BCUT2D eigenvalue weighted by molar-refractivity contribution is 5.73. The van der Waals surface area contributed by atoms with E-state index in [-0.39, 0.29) is 6.10 Å². The van der Waals surface area contributed by atoms with E-state index >= 15 is 0 Å². The van der Waals surface area contributed by atoms with Gasteiger partial charge < -0.3 is 20.3 Å². The molecule has 0 fully saturated rings. The van der Waals surface area contributed by atoms with E-state index < -0.39 is 12.0 Å². The third-order valence-corrected chi connectivity index (χ3v) is 4.19. The van der Waals surface area contributed by atoms with Crippen LogP contribution >= 0.6 is 0 Å². The van der Waals surface area contributed by atoms with E-state index in [4.69, 9.17) is 20.3 Å². The summed E-state index contributed by atoms with van der Waals surface area (Å²) in [6.45, 7) is 1.01. The quantitative estimate of drug-likeness (QED) is 0.531.